The van der Waals surface area contributed by atoms with E-state index in [1.165, 1.54) is 12.7 Å². The van der Waals surface area contributed by atoms with Crippen molar-refractivity contribution < 1.29 is 0 Å². The van der Waals surface area contributed by atoms with Gasteiger partial charge < -0.3 is 9.88 Å². The van der Waals surface area contributed by atoms with Gasteiger partial charge in [0.25, 0.3) is 5.56 Å². The molecular weight excluding hydrogens is 226 g/mol. The molecule has 1 aliphatic rings. The molecule has 5 heteroatoms. The smallest absolute Gasteiger partial charge is 0.271 e. The summed E-state index contributed by atoms with van der Waals surface area (Å²) in [5.74, 6) is 1.22. The molecule has 1 aliphatic heterocycles. The van der Waals surface area contributed by atoms with Crippen LogP contribution in [0.1, 0.15) is 26.7 Å². The first-order chi connectivity index (χ1) is 7.61. The monoisotopic (exact) mass is 241 g/mol. The van der Waals surface area contributed by atoms with Gasteiger partial charge in [0, 0.05) is 12.6 Å². The molecule has 2 atom stereocenters. The Balaban J connectivity index is 2.36. The highest BCUT2D eigenvalue weighted by Gasteiger charge is 2.27. The maximum absolute atomic E-state index is 11.4. The zero-order valence-electron chi connectivity index (χ0n) is 9.53. The van der Waals surface area contributed by atoms with E-state index < -0.39 is 0 Å². The van der Waals surface area contributed by atoms with Crippen LogP contribution >= 0.6 is 11.6 Å². The van der Waals surface area contributed by atoms with Crippen LogP contribution in [-0.4, -0.2) is 22.6 Å². The highest BCUT2D eigenvalue weighted by molar-refractivity contribution is 6.32. The molecule has 1 fully saturated rings. The van der Waals surface area contributed by atoms with Crippen molar-refractivity contribution in [2.75, 3.05) is 11.4 Å². The van der Waals surface area contributed by atoms with Crippen molar-refractivity contribution in [1.82, 2.24) is 9.97 Å². The van der Waals surface area contributed by atoms with Gasteiger partial charge in [0.1, 0.15) is 5.02 Å². The topological polar surface area (TPSA) is 49.0 Å². The van der Waals surface area contributed by atoms with E-state index in [1.807, 2.05) is 0 Å². The van der Waals surface area contributed by atoms with Crippen LogP contribution in [-0.2, 0) is 0 Å². The Hall–Kier alpha value is -1.03. The summed E-state index contributed by atoms with van der Waals surface area (Å²) in [6.45, 7) is 5.29. The maximum atomic E-state index is 11.4. The first kappa shape index (κ1) is 11.5. The van der Waals surface area contributed by atoms with Crippen molar-refractivity contribution in [1.29, 1.82) is 0 Å². The number of halogens is 1. The van der Waals surface area contributed by atoms with Gasteiger partial charge in [-0.2, -0.15) is 0 Å². The minimum absolute atomic E-state index is 0.198. The molecule has 0 spiro atoms. The van der Waals surface area contributed by atoms with Crippen LogP contribution < -0.4 is 10.5 Å². The maximum Gasteiger partial charge on any atom is 0.271 e. The summed E-state index contributed by atoms with van der Waals surface area (Å²) in [4.78, 5) is 20.2. The lowest BCUT2D eigenvalue weighted by Gasteiger charge is -2.38. The normalized spacial score (nSPS) is 25.8. The second-order valence-corrected chi connectivity index (χ2v) is 4.80. The van der Waals surface area contributed by atoms with Gasteiger partial charge in [0.15, 0.2) is 5.82 Å². The van der Waals surface area contributed by atoms with Crippen molar-refractivity contribution in [2.45, 2.75) is 32.7 Å². The lowest BCUT2D eigenvalue weighted by molar-refractivity contribution is 0.361. The molecule has 1 aromatic heterocycles. The van der Waals surface area contributed by atoms with Gasteiger partial charge in [-0.25, -0.2) is 4.98 Å². The molecule has 0 amide bonds. The minimum Gasteiger partial charge on any atom is -0.352 e. The average Bonchev–Trinajstić information content (AvgIpc) is 2.27. The largest absolute Gasteiger partial charge is 0.352 e. The molecule has 0 saturated carbocycles. The second-order valence-electron chi connectivity index (χ2n) is 4.42. The second kappa shape index (κ2) is 4.45. The molecule has 0 aromatic carbocycles. The van der Waals surface area contributed by atoms with Crippen molar-refractivity contribution in [3.63, 3.8) is 0 Å². The number of nitrogens with one attached hydrogen (secondary N) is 1. The summed E-state index contributed by atoms with van der Waals surface area (Å²) in [6, 6.07) is 0.376. The van der Waals surface area contributed by atoms with Gasteiger partial charge in [-0.05, 0) is 25.7 Å². The molecule has 1 aromatic rings. The Morgan fingerprint density at radius 1 is 1.56 bits per heavy atom. The van der Waals surface area contributed by atoms with Gasteiger partial charge in [-0.15, -0.1) is 0 Å². The Labute approximate surface area is 99.6 Å². The summed E-state index contributed by atoms with van der Waals surface area (Å²) in [6.07, 6.45) is 3.75. The number of anilines is 1. The van der Waals surface area contributed by atoms with E-state index in [-0.39, 0.29) is 10.6 Å². The molecule has 1 N–H and O–H groups in total. The molecule has 88 valence electrons. The third-order valence-electron chi connectivity index (χ3n) is 3.42. The SMILES string of the molecule is CC1CCCN(c2nc[nH]c(=O)c2Cl)C1C. The van der Waals surface area contributed by atoms with Gasteiger partial charge in [-0.3, -0.25) is 4.79 Å². The molecular formula is C11H16ClN3O. The molecule has 4 nitrogen and oxygen atoms in total. The van der Waals surface area contributed by atoms with E-state index in [0.29, 0.717) is 17.8 Å². The summed E-state index contributed by atoms with van der Waals surface area (Å²) in [5.41, 5.74) is -0.267. The predicted octanol–water partition coefficient (Wildman–Crippen LogP) is 2.05. The molecule has 2 heterocycles. The van der Waals surface area contributed by atoms with E-state index in [0.717, 1.165) is 13.0 Å². The Bertz CT molecular complexity index is 431. The average molecular weight is 242 g/mol. The number of hydrogen-bond donors (Lipinski definition) is 1. The number of piperidine rings is 1. The minimum atomic E-state index is -0.267. The fourth-order valence-electron chi connectivity index (χ4n) is 2.21. The highest BCUT2D eigenvalue weighted by Crippen LogP contribution is 2.29. The van der Waals surface area contributed by atoms with Gasteiger partial charge in [-0.1, -0.05) is 18.5 Å². The molecule has 1 saturated heterocycles. The molecule has 16 heavy (non-hydrogen) atoms. The Morgan fingerprint density at radius 3 is 3.06 bits per heavy atom. The first-order valence-electron chi connectivity index (χ1n) is 5.61. The van der Waals surface area contributed by atoms with E-state index >= 15 is 0 Å². The van der Waals surface area contributed by atoms with E-state index in [1.54, 1.807) is 0 Å². The molecule has 0 aliphatic carbocycles. The third-order valence-corrected chi connectivity index (χ3v) is 3.76. The standard InChI is InChI=1S/C11H16ClN3O/c1-7-4-3-5-15(8(7)2)10-9(12)11(16)14-6-13-10/h6-8H,3-5H2,1-2H3,(H,13,14,16). The molecule has 2 rings (SSSR count). The van der Waals surface area contributed by atoms with Crippen LogP contribution in [0, 0.1) is 5.92 Å². The Kier molecular flexibility index (Phi) is 3.19. The van der Waals surface area contributed by atoms with E-state index in [9.17, 15) is 4.79 Å². The fraction of sp³-hybridized carbons (Fsp3) is 0.636. The van der Waals surface area contributed by atoms with Crippen molar-refractivity contribution >= 4 is 17.4 Å². The fourth-order valence-corrected chi connectivity index (χ4v) is 2.42. The summed E-state index contributed by atoms with van der Waals surface area (Å²) < 4.78 is 0. The van der Waals surface area contributed by atoms with Crippen LogP contribution in [0.4, 0.5) is 5.82 Å². The number of aromatic amines is 1. The number of hydrogen-bond acceptors (Lipinski definition) is 3. The van der Waals surface area contributed by atoms with Crippen LogP contribution in [0.25, 0.3) is 0 Å². The summed E-state index contributed by atoms with van der Waals surface area (Å²) >= 11 is 5.99. The van der Waals surface area contributed by atoms with Gasteiger partial charge >= 0.3 is 0 Å². The quantitative estimate of drug-likeness (QED) is 0.819. The number of aromatic nitrogens is 2. The van der Waals surface area contributed by atoms with Crippen molar-refractivity contribution in [3.8, 4) is 0 Å². The van der Waals surface area contributed by atoms with Crippen LogP contribution in [0.3, 0.4) is 0 Å². The lowest BCUT2D eigenvalue weighted by Crippen LogP contribution is -2.43. The zero-order valence-corrected chi connectivity index (χ0v) is 10.3. The lowest BCUT2D eigenvalue weighted by atomic mass is 9.92. The third kappa shape index (κ3) is 1.94. The van der Waals surface area contributed by atoms with Crippen molar-refractivity contribution in [3.05, 3.63) is 21.7 Å². The Morgan fingerprint density at radius 2 is 2.31 bits per heavy atom. The molecule has 0 bridgehead atoms. The predicted molar refractivity (Wildman–Crippen MR) is 65.1 cm³/mol. The highest BCUT2D eigenvalue weighted by atomic mass is 35.5. The van der Waals surface area contributed by atoms with Crippen LogP contribution in [0.5, 0.6) is 0 Å². The van der Waals surface area contributed by atoms with E-state index in [4.69, 9.17) is 11.6 Å². The molecule has 2 unspecified atom stereocenters. The number of nitrogens with zero attached hydrogens (tertiary/aromatic N) is 2. The van der Waals surface area contributed by atoms with Gasteiger partial charge in [0.2, 0.25) is 0 Å². The summed E-state index contributed by atoms with van der Waals surface area (Å²) in [7, 11) is 0. The zero-order chi connectivity index (χ0) is 11.7. The number of rotatable bonds is 1. The summed E-state index contributed by atoms with van der Waals surface area (Å²) in [5, 5.41) is 0.198. The first-order valence-corrected chi connectivity index (χ1v) is 5.99. The molecule has 0 radical (unpaired) electrons. The van der Waals surface area contributed by atoms with Crippen LogP contribution in [0.2, 0.25) is 5.02 Å². The van der Waals surface area contributed by atoms with Crippen molar-refractivity contribution in [2.24, 2.45) is 5.92 Å². The van der Waals surface area contributed by atoms with Gasteiger partial charge in [0.05, 0.1) is 6.33 Å². The number of H-pyrrole nitrogens is 1. The van der Waals surface area contributed by atoms with E-state index in [2.05, 4.69) is 28.7 Å². The van der Waals surface area contributed by atoms with Crippen LogP contribution in [0.15, 0.2) is 11.1 Å².